The number of ether oxygens (including phenoxy) is 1. The molecule has 1 rings (SSSR count). The van der Waals surface area contributed by atoms with Crippen LogP contribution in [0.4, 0.5) is 11.4 Å². The van der Waals surface area contributed by atoms with Crippen LogP contribution in [0.3, 0.4) is 0 Å². The molecule has 0 saturated carbocycles. The van der Waals surface area contributed by atoms with Crippen molar-refractivity contribution in [2.24, 2.45) is 0 Å². The lowest BCUT2D eigenvalue weighted by atomic mass is 10.1. The van der Waals surface area contributed by atoms with E-state index in [0.717, 1.165) is 18.7 Å². The van der Waals surface area contributed by atoms with Crippen LogP contribution < -0.4 is 16.4 Å². The molecular weight excluding hydrogens is 254 g/mol. The second kappa shape index (κ2) is 9.20. The minimum absolute atomic E-state index is 0.133. The van der Waals surface area contributed by atoms with Crippen molar-refractivity contribution in [3.05, 3.63) is 23.8 Å². The fourth-order valence-corrected chi connectivity index (χ4v) is 1.83. The van der Waals surface area contributed by atoms with E-state index in [0.29, 0.717) is 24.4 Å². The predicted molar refractivity (Wildman–Crippen MR) is 83.1 cm³/mol. The third kappa shape index (κ3) is 5.48. The third-order valence-electron chi connectivity index (χ3n) is 3.00. The molecule has 1 aromatic carbocycles. The molecule has 112 valence electrons. The Morgan fingerprint density at radius 2 is 2.10 bits per heavy atom. The number of rotatable bonds is 9. The molecule has 20 heavy (non-hydrogen) atoms. The SMILES string of the molecule is CCCCCNc1ccc(C(=O)NCCOC)cc1N. The van der Waals surface area contributed by atoms with E-state index in [-0.39, 0.29) is 5.91 Å². The van der Waals surface area contributed by atoms with Crippen LogP contribution in [0.5, 0.6) is 0 Å². The summed E-state index contributed by atoms with van der Waals surface area (Å²) in [5, 5.41) is 6.06. The minimum atomic E-state index is -0.133. The number of carbonyl (C=O) groups excluding carboxylic acids is 1. The van der Waals surface area contributed by atoms with Crippen molar-refractivity contribution in [2.75, 3.05) is 37.9 Å². The molecule has 0 bridgehead atoms. The Bertz CT molecular complexity index is 422. The fraction of sp³-hybridized carbons (Fsp3) is 0.533. The highest BCUT2D eigenvalue weighted by molar-refractivity contribution is 5.96. The minimum Gasteiger partial charge on any atom is -0.397 e. The van der Waals surface area contributed by atoms with E-state index in [2.05, 4.69) is 17.6 Å². The first kappa shape index (κ1) is 16.3. The van der Waals surface area contributed by atoms with Gasteiger partial charge in [-0.1, -0.05) is 19.8 Å². The summed E-state index contributed by atoms with van der Waals surface area (Å²) in [7, 11) is 1.60. The molecule has 0 aromatic heterocycles. The van der Waals surface area contributed by atoms with Gasteiger partial charge < -0.3 is 21.1 Å². The smallest absolute Gasteiger partial charge is 0.251 e. The van der Waals surface area contributed by atoms with Crippen LogP contribution in [-0.2, 0) is 4.74 Å². The van der Waals surface area contributed by atoms with Gasteiger partial charge in [-0.05, 0) is 24.6 Å². The van der Waals surface area contributed by atoms with Crippen molar-refractivity contribution >= 4 is 17.3 Å². The molecule has 0 unspecified atom stereocenters. The number of amides is 1. The molecule has 1 amide bonds. The number of hydrogen-bond acceptors (Lipinski definition) is 4. The van der Waals surface area contributed by atoms with Crippen molar-refractivity contribution in [1.29, 1.82) is 0 Å². The third-order valence-corrected chi connectivity index (χ3v) is 3.00. The number of methoxy groups -OCH3 is 1. The van der Waals surface area contributed by atoms with Crippen molar-refractivity contribution in [3.8, 4) is 0 Å². The molecule has 1 aromatic rings. The summed E-state index contributed by atoms with van der Waals surface area (Å²) in [6.07, 6.45) is 3.51. The van der Waals surface area contributed by atoms with Gasteiger partial charge in [-0.3, -0.25) is 4.79 Å². The largest absolute Gasteiger partial charge is 0.397 e. The number of benzene rings is 1. The van der Waals surface area contributed by atoms with E-state index >= 15 is 0 Å². The summed E-state index contributed by atoms with van der Waals surface area (Å²) in [4.78, 5) is 11.8. The second-order valence-electron chi connectivity index (χ2n) is 4.68. The number of unbranched alkanes of at least 4 members (excludes halogenated alkanes) is 2. The van der Waals surface area contributed by atoms with Gasteiger partial charge in [0.25, 0.3) is 5.91 Å². The van der Waals surface area contributed by atoms with Crippen LogP contribution in [-0.4, -0.2) is 32.7 Å². The Balaban J connectivity index is 2.51. The summed E-state index contributed by atoms with van der Waals surface area (Å²) in [6.45, 7) is 4.06. The first-order valence-electron chi connectivity index (χ1n) is 7.09. The lowest BCUT2D eigenvalue weighted by Crippen LogP contribution is -2.27. The highest BCUT2D eigenvalue weighted by Gasteiger charge is 2.07. The van der Waals surface area contributed by atoms with Gasteiger partial charge in [-0.15, -0.1) is 0 Å². The van der Waals surface area contributed by atoms with Crippen LogP contribution >= 0.6 is 0 Å². The molecule has 0 spiro atoms. The number of anilines is 2. The Morgan fingerprint density at radius 3 is 2.75 bits per heavy atom. The summed E-state index contributed by atoms with van der Waals surface area (Å²) in [5.41, 5.74) is 8.01. The number of nitrogens with one attached hydrogen (secondary N) is 2. The maximum absolute atomic E-state index is 11.8. The zero-order valence-corrected chi connectivity index (χ0v) is 12.4. The quantitative estimate of drug-likeness (QED) is 0.478. The van der Waals surface area contributed by atoms with Crippen molar-refractivity contribution in [1.82, 2.24) is 5.32 Å². The molecule has 0 fully saturated rings. The molecule has 5 heteroatoms. The molecular formula is C15H25N3O2. The van der Waals surface area contributed by atoms with Gasteiger partial charge in [0.15, 0.2) is 0 Å². The van der Waals surface area contributed by atoms with Crippen LogP contribution in [0, 0.1) is 0 Å². The van der Waals surface area contributed by atoms with Gasteiger partial charge in [-0.25, -0.2) is 0 Å². The first-order chi connectivity index (χ1) is 9.69. The first-order valence-corrected chi connectivity index (χ1v) is 7.09. The van der Waals surface area contributed by atoms with Gasteiger partial charge >= 0.3 is 0 Å². The molecule has 0 aliphatic rings. The zero-order chi connectivity index (χ0) is 14.8. The number of nitrogen functional groups attached to an aromatic ring is 1. The fourth-order valence-electron chi connectivity index (χ4n) is 1.83. The molecule has 0 heterocycles. The van der Waals surface area contributed by atoms with Gasteiger partial charge in [0.1, 0.15) is 0 Å². The standard InChI is InChI=1S/C15H25N3O2/c1-3-4-5-8-17-14-7-6-12(11-13(14)16)15(19)18-9-10-20-2/h6-7,11,17H,3-5,8-10,16H2,1-2H3,(H,18,19). The van der Waals surface area contributed by atoms with Crippen LogP contribution in [0.2, 0.25) is 0 Å². The normalized spacial score (nSPS) is 10.3. The van der Waals surface area contributed by atoms with E-state index in [4.69, 9.17) is 10.5 Å². The maximum atomic E-state index is 11.8. The van der Waals surface area contributed by atoms with Crippen LogP contribution in [0.1, 0.15) is 36.5 Å². The van der Waals surface area contributed by atoms with Crippen LogP contribution in [0.25, 0.3) is 0 Å². The number of hydrogen-bond donors (Lipinski definition) is 3. The average molecular weight is 279 g/mol. The summed E-state index contributed by atoms with van der Waals surface area (Å²) < 4.78 is 4.89. The van der Waals surface area contributed by atoms with E-state index in [1.165, 1.54) is 12.8 Å². The molecule has 0 aliphatic heterocycles. The average Bonchev–Trinajstić information content (AvgIpc) is 2.45. The van der Waals surface area contributed by atoms with Gasteiger partial charge in [0, 0.05) is 25.8 Å². The van der Waals surface area contributed by atoms with E-state index in [9.17, 15) is 4.79 Å². The molecule has 0 radical (unpaired) electrons. The van der Waals surface area contributed by atoms with Gasteiger partial charge in [0.2, 0.25) is 0 Å². The topological polar surface area (TPSA) is 76.4 Å². The van der Waals surface area contributed by atoms with Crippen molar-refractivity contribution < 1.29 is 9.53 Å². The molecule has 0 saturated heterocycles. The predicted octanol–water partition coefficient (Wildman–Crippen LogP) is 2.25. The maximum Gasteiger partial charge on any atom is 0.251 e. The second-order valence-corrected chi connectivity index (χ2v) is 4.68. The van der Waals surface area contributed by atoms with Gasteiger partial charge in [-0.2, -0.15) is 0 Å². The Kier molecular flexibility index (Phi) is 7.50. The monoisotopic (exact) mass is 279 g/mol. The van der Waals surface area contributed by atoms with Crippen LogP contribution in [0.15, 0.2) is 18.2 Å². The lowest BCUT2D eigenvalue weighted by molar-refractivity contribution is 0.0937. The summed E-state index contributed by atoms with van der Waals surface area (Å²) in [6, 6.07) is 5.33. The van der Waals surface area contributed by atoms with E-state index in [1.807, 2.05) is 6.07 Å². The van der Waals surface area contributed by atoms with Crippen molar-refractivity contribution in [3.63, 3.8) is 0 Å². The van der Waals surface area contributed by atoms with Crippen molar-refractivity contribution in [2.45, 2.75) is 26.2 Å². The number of carbonyl (C=O) groups is 1. The molecule has 5 nitrogen and oxygen atoms in total. The highest BCUT2D eigenvalue weighted by Crippen LogP contribution is 2.20. The van der Waals surface area contributed by atoms with E-state index in [1.54, 1.807) is 19.2 Å². The highest BCUT2D eigenvalue weighted by atomic mass is 16.5. The lowest BCUT2D eigenvalue weighted by Gasteiger charge is -2.11. The molecule has 4 N–H and O–H groups in total. The molecule has 0 aliphatic carbocycles. The number of nitrogens with two attached hydrogens (primary N) is 1. The molecule has 0 atom stereocenters. The summed E-state index contributed by atoms with van der Waals surface area (Å²) in [5.74, 6) is -0.133. The Morgan fingerprint density at radius 1 is 1.30 bits per heavy atom. The Labute approximate surface area is 120 Å². The Hall–Kier alpha value is -1.75. The summed E-state index contributed by atoms with van der Waals surface area (Å²) >= 11 is 0. The van der Waals surface area contributed by atoms with E-state index < -0.39 is 0 Å². The zero-order valence-electron chi connectivity index (χ0n) is 12.4. The van der Waals surface area contributed by atoms with Gasteiger partial charge in [0.05, 0.1) is 18.0 Å².